The normalized spacial score (nSPS) is 16.2. The highest BCUT2D eigenvalue weighted by Gasteiger charge is 2.38. The zero-order chi connectivity index (χ0) is 30.3. The van der Waals surface area contributed by atoms with Crippen molar-refractivity contribution in [3.63, 3.8) is 0 Å². The summed E-state index contributed by atoms with van der Waals surface area (Å²) in [6, 6.07) is 2.38. The summed E-state index contributed by atoms with van der Waals surface area (Å²) in [6.45, 7) is 4.01. The van der Waals surface area contributed by atoms with E-state index in [0.717, 1.165) is 17.4 Å². The number of hydrogen-bond acceptors (Lipinski definition) is 7. The molecule has 2 amide bonds. The Morgan fingerprint density at radius 2 is 1.75 bits per heavy atom. The van der Waals surface area contributed by atoms with Crippen LogP contribution in [0.1, 0.15) is 60.8 Å². The molecule has 0 saturated carbocycles. The second-order valence-electron chi connectivity index (χ2n) is 10.7. The van der Waals surface area contributed by atoms with Crippen molar-refractivity contribution in [2.24, 2.45) is 0 Å². The fraction of sp³-hybridized carbons (Fsp3) is 0.542. The number of aliphatic hydroxyl groups is 1. The maximum absolute atomic E-state index is 13.7. The van der Waals surface area contributed by atoms with Gasteiger partial charge in [0.05, 0.1) is 26.1 Å². The number of piperidine rings is 1. The SMILES string of the molecule is CC(C)(O)CNC(=O)c1nc(C(=O)N2CCC(F)(F)CC2)c(-c2ccc(S(=O)(=O)NC(C)(C)CF)c(Cl)c2Cl)s1. The van der Waals surface area contributed by atoms with E-state index in [-0.39, 0.29) is 45.8 Å². The van der Waals surface area contributed by atoms with Gasteiger partial charge in [-0.2, -0.15) is 0 Å². The smallest absolute Gasteiger partial charge is 0.280 e. The van der Waals surface area contributed by atoms with Crippen LogP contribution < -0.4 is 10.0 Å². The van der Waals surface area contributed by atoms with E-state index in [4.69, 9.17) is 23.2 Å². The molecule has 3 rings (SSSR count). The van der Waals surface area contributed by atoms with Crippen LogP contribution in [0.4, 0.5) is 13.2 Å². The molecule has 2 heterocycles. The zero-order valence-electron chi connectivity index (χ0n) is 22.1. The summed E-state index contributed by atoms with van der Waals surface area (Å²) in [5.41, 5.74) is -2.86. The first-order chi connectivity index (χ1) is 18.3. The molecule has 0 radical (unpaired) electrons. The topological polar surface area (TPSA) is 129 Å². The summed E-state index contributed by atoms with van der Waals surface area (Å²) in [5.74, 6) is -4.34. The Balaban J connectivity index is 2.08. The molecule has 40 heavy (non-hydrogen) atoms. The summed E-state index contributed by atoms with van der Waals surface area (Å²) < 4.78 is 68.6. The van der Waals surface area contributed by atoms with Crippen molar-refractivity contribution >= 4 is 56.4 Å². The number of sulfonamides is 1. The van der Waals surface area contributed by atoms with E-state index in [2.05, 4.69) is 15.0 Å². The second kappa shape index (κ2) is 11.7. The second-order valence-corrected chi connectivity index (χ2v) is 14.1. The van der Waals surface area contributed by atoms with Gasteiger partial charge < -0.3 is 15.3 Å². The first-order valence-corrected chi connectivity index (χ1v) is 15.1. The predicted molar refractivity (Wildman–Crippen MR) is 147 cm³/mol. The van der Waals surface area contributed by atoms with Gasteiger partial charge in [0.15, 0.2) is 5.01 Å². The third-order valence-electron chi connectivity index (χ3n) is 5.81. The van der Waals surface area contributed by atoms with Crippen molar-refractivity contribution in [3.8, 4) is 10.4 Å². The lowest BCUT2D eigenvalue weighted by molar-refractivity contribution is -0.0495. The van der Waals surface area contributed by atoms with Crippen LogP contribution in [0.5, 0.6) is 0 Å². The number of aromatic nitrogens is 1. The lowest BCUT2D eigenvalue weighted by Gasteiger charge is -2.31. The first kappa shape index (κ1) is 32.5. The van der Waals surface area contributed by atoms with Crippen molar-refractivity contribution in [1.82, 2.24) is 19.9 Å². The Kier molecular flexibility index (Phi) is 9.54. The van der Waals surface area contributed by atoms with Gasteiger partial charge in [-0.3, -0.25) is 9.59 Å². The monoisotopic (exact) mass is 644 g/mol. The Hall–Kier alpha value is -1.97. The lowest BCUT2D eigenvalue weighted by Crippen LogP contribution is -2.45. The van der Waals surface area contributed by atoms with Crippen LogP contribution in [0.15, 0.2) is 17.0 Å². The van der Waals surface area contributed by atoms with Gasteiger partial charge in [-0.15, -0.1) is 11.3 Å². The number of benzene rings is 1. The number of nitrogens with one attached hydrogen (secondary N) is 2. The van der Waals surface area contributed by atoms with Crippen LogP contribution in [-0.4, -0.2) is 78.6 Å². The molecule has 9 nitrogen and oxygen atoms in total. The molecular formula is C24H29Cl2F3N4O5S2. The molecule has 16 heteroatoms. The van der Waals surface area contributed by atoms with E-state index < -0.39 is 68.3 Å². The number of amides is 2. The maximum atomic E-state index is 13.7. The van der Waals surface area contributed by atoms with Crippen molar-refractivity contribution in [2.45, 2.75) is 62.5 Å². The Bertz CT molecular complexity index is 1400. The minimum Gasteiger partial charge on any atom is -0.389 e. The number of nitrogens with zero attached hydrogens (tertiary/aromatic N) is 2. The third kappa shape index (κ3) is 7.65. The lowest BCUT2D eigenvalue weighted by atomic mass is 10.1. The van der Waals surface area contributed by atoms with E-state index in [0.29, 0.717) is 0 Å². The zero-order valence-corrected chi connectivity index (χ0v) is 25.2. The fourth-order valence-corrected chi connectivity index (χ4v) is 6.99. The van der Waals surface area contributed by atoms with Crippen molar-refractivity contribution < 1.29 is 36.3 Å². The molecular weight excluding hydrogens is 616 g/mol. The molecule has 222 valence electrons. The van der Waals surface area contributed by atoms with Crippen LogP contribution in [0, 0.1) is 0 Å². The summed E-state index contributed by atoms with van der Waals surface area (Å²) in [5, 5.41) is 11.6. The van der Waals surface area contributed by atoms with Gasteiger partial charge in [0.1, 0.15) is 17.3 Å². The molecule has 0 aliphatic carbocycles. The van der Waals surface area contributed by atoms with Crippen molar-refractivity contribution in [3.05, 3.63) is 32.9 Å². The number of hydrogen-bond donors (Lipinski definition) is 3. The number of carbonyl (C=O) groups excluding carboxylic acids is 2. The van der Waals surface area contributed by atoms with E-state index in [9.17, 15) is 36.3 Å². The molecule has 0 spiro atoms. The largest absolute Gasteiger partial charge is 0.389 e. The van der Waals surface area contributed by atoms with Gasteiger partial charge >= 0.3 is 0 Å². The molecule has 3 N–H and O–H groups in total. The highest BCUT2D eigenvalue weighted by Crippen LogP contribution is 2.42. The number of likely N-dealkylation sites (tertiary alicyclic amines) is 1. The van der Waals surface area contributed by atoms with Crippen molar-refractivity contribution in [2.75, 3.05) is 26.3 Å². The average Bonchev–Trinajstić information content (AvgIpc) is 3.27. The Morgan fingerprint density at radius 3 is 2.30 bits per heavy atom. The molecule has 0 bridgehead atoms. The number of thiazole rings is 1. The average molecular weight is 646 g/mol. The standard InChI is InChI=1S/C24H29Cl2F3N4O5S2/c1-22(2,11-27)32-40(37,38)14-6-5-13(15(25)16(14)26)18-17(21(35)33-9-7-24(28,29)8-10-33)31-20(39-18)19(34)30-12-23(3,4)36/h5-6,32,36H,7-12H2,1-4H3,(H,30,34). The summed E-state index contributed by atoms with van der Waals surface area (Å²) in [6.07, 6.45) is -1.09. The minimum atomic E-state index is -4.32. The number of halogens is 5. The third-order valence-corrected chi connectivity index (χ3v) is 9.64. The van der Waals surface area contributed by atoms with Crippen LogP contribution in [0.3, 0.4) is 0 Å². The van der Waals surface area contributed by atoms with Gasteiger partial charge in [0.25, 0.3) is 17.7 Å². The van der Waals surface area contributed by atoms with Crippen LogP contribution in [-0.2, 0) is 10.0 Å². The highest BCUT2D eigenvalue weighted by atomic mass is 35.5. The van der Waals surface area contributed by atoms with Gasteiger partial charge in [-0.05, 0) is 33.8 Å². The molecule has 0 atom stereocenters. The predicted octanol–water partition coefficient (Wildman–Crippen LogP) is 4.52. The number of carbonyl (C=O) groups is 2. The van der Waals surface area contributed by atoms with E-state index in [1.54, 1.807) is 0 Å². The van der Waals surface area contributed by atoms with Crippen molar-refractivity contribution in [1.29, 1.82) is 0 Å². The summed E-state index contributed by atoms with van der Waals surface area (Å²) in [7, 11) is -4.32. The molecule has 0 unspecified atom stereocenters. The van der Waals surface area contributed by atoms with Crippen LogP contribution >= 0.6 is 34.5 Å². The Morgan fingerprint density at radius 1 is 1.15 bits per heavy atom. The molecule has 1 aliphatic heterocycles. The molecule has 1 saturated heterocycles. The number of rotatable bonds is 9. The first-order valence-electron chi connectivity index (χ1n) is 12.0. The van der Waals surface area contributed by atoms with Crippen LogP contribution in [0.25, 0.3) is 10.4 Å². The maximum Gasteiger partial charge on any atom is 0.280 e. The van der Waals surface area contributed by atoms with Gasteiger partial charge in [0.2, 0.25) is 10.0 Å². The molecule has 1 aliphatic rings. The summed E-state index contributed by atoms with van der Waals surface area (Å²) >= 11 is 13.6. The van der Waals surface area contributed by atoms with Gasteiger partial charge in [-0.25, -0.2) is 31.3 Å². The van der Waals surface area contributed by atoms with Crippen LogP contribution in [0.2, 0.25) is 10.0 Å². The van der Waals surface area contributed by atoms with E-state index in [1.807, 2.05) is 0 Å². The molecule has 1 aromatic heterocycles. The quantitative estimate of drug-likeness (QED) is 0.368. The Labute approximate surface area is 244 Å². The molecule has 1 fully saturated rings. The highest BCUT2D eigenvalue weighted by molar-refractivity contribution is 7.89. The number of alkyl halides is 3. The fourth-order valence-electron chi connectivity index (χ4n) is 3.66. The minimum absolute atomic E-state index is 0.0589. The van der Waals surface area contributed by atoms with E-state index in [1.165, 1.54) is 38.7 Å². The molecule has 1 aromatic carbocycles. The van der Waals surface area contributed by atoms with E-state index >= 15 is 0 Å². The molecule has 2 aromatic rings. The van der Waals surface area contributed by atoms with Gasteiger partial charge in [0, 0.05) is 38.0 Å². The summed E-state index contributed by atoms with van der Waals surface area (Å²) in [4.78, 5) is 31.2. The van der Waals surface area contributed by atoms with Gasteiger partial charge in [-0.1, -0.05) is 29.3 Å².